The number of benzene rings is 1. The van der Waals surface area contributed by atoms with E-state index >= 15 is 0 Å². The van der Waals surface area contributed by atoms with Crippen LogP contribution in [0.15, 0.2) is 23.1 Å². The molecular weight excluding hydrogens is 367 g/mol. The van der Waals surface area contributed by atoms with E-state index in [4.69, 9.17) is 11.6 Å². The molecule has 1 saturated carbocycles. The Bertz CT molecular complexity index is 827. The molecule has 1 amide bonds. The highest BCUT2D eigenvalue weighted by molar-refractivity contribution is 7.89. The van der Waals surface area contributed by atoms with Crippen molar-refractivity contribution in [3.05, 3.63) is 29.0 Å². The van der Waals surface area contributed by atoms with Gasteiger partial charge in [0.2, 0.25) is 15.9 Å². The van der Waals surface area contributed by atoms with Gasteiger partial charge in [0.15, 0.2) is 0 Å². The first-order chi connectivity index (χ1) is 11.9. The number of hydrogen-bond acceptors (Lipinski definition) is 3. The van der Waals surface area contributed by atoms with E-state index in [9.17, 15) is 17.6 Å². The quantitative estimate of drug-likeness (QED) is 0.802. The van der Waals surface area contributed by atoms with Crippen molar-refractivity contribution >= 4 is 27.5 Å². The third-order valence-electron chi connectivity index (χ3n) is 5.53. The Kier molecular flexibility index (Phi) is 4.09. The van der Waals surface area contributed by atoms with E-state index in [1.54, 1.807) is 0 Å². The molecule has 1 aliphatic carbocycles. The van der Waals surface area contributed by atoms with Crippen LogP contribution in [0.25, 0.3) is 0 Å². The fourth-order valence-corrected chi connectivity index (χ4v) is 6.56. The fraction of sp³-hybridized carbons (Fsp3) is 0.588. The molecule has 0 bridgehead atoms. The normalized spacial score (nSPS) is 28.1. The molecule has 3 aliphatic rings. The first-order valence-electron chi connectivity index (χ1n) is 8.65. The molecule has 25 heavy (non-hydrogen) atoms. The zero-order valence-corrected chi connectivity index (χ0v) is 15.3. The summed E-state index contributed by atoms with van der Waals surface area (Å²) in [5.74, 6) is -0.658. The van der Waals surface area contributed by atoms with Crippen molar-refractivity contribution in [1.82, 2.24) is 9.21 Å². The van der Waals surface area contributed by atoms with Crippen molar-refractivity contribution in [3.63, 3.8) is 0 Å². The van der Waals surface area contributed by atoms with Gasteiger partial charge in [-0.1, -0.05) is 11.6 Å². The van der Waals surface area contributed by atoms with E-state index in [1.807, 2.05) is 4.90 Å². The Morgan fingerprint density at radius 1 is 1.16 bits per heavy atom. The van der Waals surface area contributed by atoms with Crippen LogP contribution in [-0.4, -0.2) is 48.2 Å². The monoisotopic (exact) mass is 386 g/mol. The van der Waals surface area contributed by atoms with E-state index < -0.39 is 21.4 Å². The lowest BCUT2D eigenvalue weighted by atomic mass is 9.86. The Morgan fingerprint density at radius 3 is 2.48 bits per heavy atom. The van der Waals surface area contributed by atoms with Gasteiger partial charge in [-0.3, -0.25) is 4.79 Å². The van der Waals surface area contributed by atoms with Crippen LogP contribution in [0.5, 0.6) is 0 Å². The zero-order chi connectivity index (χ0) is 17.8. The molecule has 2 saturated heterocycles. The summed E-state index contributed by atoms with van der Waals surface area (Å²) in [6.45, 7) is 0.997. The minimum absolute atomic E-state index is 0.0689. The highest BCUT2D eigenvalue weighted by atomic mass is 35.5. The largest absolute Gasteiger partial charge is 0.338 e. The third-order valence-corrected chi connectivity index (χ3v) is 7.98. The molecule has 2 aliphatic heterocycles. The number of nitrogens with zero attached hydrogens (tertiary/aromatic N) is 2. The van der Waals surface area contributed by atoms with Gasteiger partial charge < -0.3 is 4.90 Å². The average Bonchev–Trinajstić information content (AvgIpc) is 3.30. The summed E-state index contributed by atoms with van der Waals surface area (Å²) in [6.07, 6.45) is 4.50. The molecule has 1 aromatic carbocycles. The molecule has 136 valence electrons. The summed E-state index contributed by atoms with van der Waals surface area (Å²) < 4.78 is 41.1. The predicted octanol–water partition coefficient (Wildman–Crippen LogP) is 2.79. The van der Waals surface area contributed by atoms with Gasteiger partial charge in [-0.15, -0.1) is 0 Å². The molecule has 2 heterocycles. The number of likely N-dealkylation sites (tertiary alicyclic amines) is 1. The lowest BCUT2D eigenvalue weighted by Gasteiger charge is -2.44. The standard InChI is InChI=1S/C17H20ClFN2O3S/c18-14-11-12(19)3-6-15(14)25(23,24)21-10-2-8-17(21)7-1-9-20(16(17)22)13-4-5-13/h3,6,11,13H,1-2,4-5,7-10H2. The van der Waals surface area contributed by atoms with E-state index in [0.717, 1.165) is 31.4 Å². The van der Waals surface area contributed by atoms with Gasteiger partial charge >= 0.3 is 0 Å². The molecule has 0 radical (unpaired) electrons. The minimum atomic E-state index is -3.97. The van der Waals surface area contributed by atoms with Crippen LogP contribution < -0.4 is 0 Å². The highest BCUT2D eigenvalue weighted by Crippen LogP contribution is 2.44. The molecule has 0 aromatic heterocycles. The van der Waals surface area contributed by atoms with Crippen LogP contribution in [0.3, 0.4) is 0 Å². The van der Waals surface area contributed by atoms with Gasteiger partial charge in [-0.25, -0.2) is 12.8 Å². The lowest BCUT2D eigenvalue weighted by molar-refractivity contribution is -0.145. The van der Waals surface area contributed by atoms with E-state index in [1.165, 1.54) is 10.4 Å². The van der Waals surface area contributed by atoms with Crippen molar-refractivity contribution in [1.29, 1.82) is 0 Å². The van der Waals surface area contributed by atoms with Crippen LogP contribution >= 0.6 is 11.6 Å². The zero-order valence-electron chi connectivity index (χ0n) is 13.7. The summed E-state index contributed by atoms with van der Waals surface area (Å²) in [5.41, 5.74) is -1.00. The number of rotatable bonds is 3. The van der Waals surface area contributed by atoms with Gasteiger partial charge in [0.1, 0.15) is 16.3 Å². The Morgan fingerprint density at radius 2 is 1.84 bits per heavy atom. The summed E-state index contributed by atoms with van der Waals surface area (Å²) in [7, 11) is -3.97. The van der Waals surface area contributed by atoms with Gasteiger partial charge in [-0.05, 0) is 56.7 Å². The molecule has 1 aromatic rings. The van der Waals surface area contributed by atoms with Gasteiger partial charge in [0.05, 0.1) is 5.02 Å². The Balaban J connectivity index is 1.74. The highest BCUT2D eigenvalue weighted by Gasteiger charge is 2.57. The maximum atomic E-state index is 13.3. The number of hydrogen-bond donors (Lipinski definition) is 0. The van der Waals surface area contributed by atoms with Crippen molar-refractivity contribution < 1.29 is 17.6 Å². The number of halogens is 2. The molecule has 5 nitrogen and oxygen atoms in total. The van der Waals surface area contributed by atoms with E-state index in [-0.39, 0.29) is 21.9 Å². The average molecular weight is 387 g/mol. The van der Waals surface area contributed by atoms with Crippen LogP contribution in [-0.2, 0) is 14.8 Å². The molecule has 0 N–H and O–H groups in total. The first-order valence-corrected chi connectivity index (χ1v) is 10.5. The topological polar surface area (TPSA) is 57.7 Å². The summed E-state index contributed by atoms with van der Waals surface area (Å²) >= 11 is 6.00. The molecule has 1 atom stereocenters. The molecule has 1 unspecified atom stereocenters. The lowest BCUT2D eigenvalue weighted by Crippen LogP contribution is -2.61. The van der Waals surface area contributed by atoms with Gasteiger partial charge in [-0.2, -0.15) is 4.31 Å². The smallest absolute Gasteiger partial charge is 0.245 e. The second-order valence-electron chi connectivity index (χ2n) is 7.12. The summed E-state index contributed by atoms with van der Waals surface area (Å²) in [6, 6.07) is 3.53. The molecule has 4 rings (SSSR count). The maximum Gasteiger partial charge on any atom is 0.245 e. The van der Waals surface area contributed by atoms with Gasteiger partial charge in [0.25, 0.3) is 0 Å². The van der Waals surface area contributed by atoms with Crippen LogP contribution in [0.1, 0.15) is 38.5 Å². The molecular formula is C17H20ClFN2O3S. The number of amides is 1. The van der Waals surface area contributed by atoms with Crippen molar-refractivity contribution in [2.45, 2.75) is 55.0 Å². The second-order valence-corrected chi connectivity index (χ2v) is 9.36. The second kappa shape index (κ2) is 5.93. The van der Waals surface area contributed by atoms with Crippen molar-refractivity contribution in [3.8, 4) is 0 Å². The van der Waals surface area contributed by atoms with Crippen molar-refractivity contribution in [2.24, 2.45) is 0 Å². The van der Waals surface area contributed by atoms with Crippen molar-refractivity contribution in [2.75, 3.05) is 13.1 Å². The fourth-order valence-electron chi connectivity index (χ4n) is 4.22. The number of carbonyl (C=O) groups excluding carboxylic acids is 1. The summed E-state index contributed by atoms with van der Waals surface area (Å²) in [5, 5.41) is -0.149. The van der Waals surface area contributed by atoms with Crippen LogP contribution in [0.2, 0.25) is 5.02 Å². The SMILES string of the molecule is O=C1N(C2CC2)CCCC12CCCN2S(=O)(=O)c1ccc(F)cc1Cl. The van der Waals surface area contributed by atoms with Crippen LogP contribution in [0.4, 0.5) is 4.39 Å². The molecule has 8 heteroatoms. The third kappa shape index (κ3) is 2.67. The minimum Gasteiger partial charge on any atom is -0.338 e. The number of carbonyl (C=O) groups is 1. The predicted molar refractivity (Wildman–Crippen MR) is 91.2 cm³/mol. The van der Waals surface area contributed by atoms with E-state index in [2.05, 4.69) is 0 Å². The van der Waals surface area contributed by atoms with Gasteiger partial charge in [0, 0.05) is 19.1 Å². The number of piperidine rings is 1. The number of sulfonamides is 1. The first kappa shape index (κ1) is 17.2. The molecule has 3 fully saturated rings. The molecule has 1 spiro atoms. The maximum absolute atomic E-state index is 13.3. The summed E-state index contributed by atoms with van der Waals surface area (Å²) in [4.78, 5) is 14.9. The van der Waals surface area contributed by atoms with Crippen LogP contribution in [0, 0.1) is 5.82 Å². The van der Waals surface area contributed by atoms with E-state index in [0.29, 0.717) is 32.4 Å². The Hall–Kier alpha value is -1.18. The Labute approximate surface area is 151 Å².